The fraction of sp³-hybridized carbons (Fsp3) is 0.333. The monoisotopic (exact) mass is 567 g/mol. The van der Waals surface area contributed by atoms with Gasteiger partial charge in [0.15, 0.2) is 11.2 Å². The van der Waals surface area contributed by atoms with Crippen LogP contribution in [0.2, 0.25) is 0 Å². The number of hydrogen-bond acceptors (Lipinski definition) is 9. The Morgan fingerprint density at radius 3 is 1.57 bits per heavy atom. The van der Waals surface area contributed by atoms with Gasteiger partial charge in [-0.2, -0.15) is 0 Å². The summed E-state index contributed by atoms with van der Waals surface area (Å²) in [7, 11) is 0. The average Bonchev–Trinajstić information content (AvgIpc) is 3.26. The third-order valence-electron chi connectivity index (χ3n) is 4.75. The maximum atomic E-state index is 10.7. The molecule has 4 atom stereocenters. The van der Waals surface area contributed by atoms with E-state index in [1.54, 1.807) is 12.4 Å². The smallest absolute Gasteiger partial charge is 0.547 e. The summed E-state index contributed by atoms with van der Waals surface area (Å²) < 4.78 is 4.88. The number of nitrogens with zero attached hydrogens (tertiary/aromatic N) is 2. The van der Waals surface area contributed by atoms with Crippen molar-refractivity contribution in [2.75, 3.05) is 0 Å². The second-order valence-corrected chi connectivity index (χ2v) is 6.23. The van der Waals surface area contributed by atoms with E-state index in [-0.39, 0.29) is 33.9 Å². The van der Waals surface area contributed by atoms with Gasteiger partial charge in [0.2, 0.25) is 0 Å². The van der Waals surface area contributed by atoms with Crippen molar-refractivity contribution < 1.29 is 55.8 Å². The molecule has 4 rings (SSSR count). The first-order chi connectivity index (χ1) is 12.8. The van der Waals surface area contributed by atoms with Gasteiger partial charge in [-0.1, -0.05) is 12.1 Å². The second-order valence-electron chi connectivity index (χ2n) is 6.23. The van der Waals surface area contributed by atoms with E-state index in [2.05, 4.69) is 9.97 Å². The topological polar surface area (TPSA) is 156 Å². The Balaban J connectivity index is 0.000000198. The van der Waals surface area contributed by atoms with Crippen molar-refractivity contribution in [2.24, 2.45) is 0 Å². The summed E-state index contributed by atoms with van der Waals surface area (Å²) in [5, 5.41) is 40.9. The zero-order chi connectivity index (χ0) is 19.7. The maximum absolute atomic E-state index is 10.7. The van der Waals surface area contributed by atoms with Crippen LogP contribution < -0.4 is 10.2 Å². The molecule has 2 aromatic heterocycles. The Hall–Kier alpha value is -2.19. The molecule has 28 heavy (non-hydrogen) atoms. The molecule has 2 fully saturated rings. The number of fused-ring (bicyclic) bond motifs is 2. The molecule has 2 aromatic rings. The average molecular weight is 567 g/mol. The Kier molecular flexibility index (Phi) is 6.67. The first kappa shape index (κ1) is 22.1. The fourth-order valence-electron chi connectivity index (χ4n) is 3.35. The van der Waals surface area contributed by atoms with Crippen LogP contribution in [0.25, 0.3) is 11.4 Å². The van der Waals surface area contributed by atoms with Gasteiger partial charge in [0.25, 0.3) is 0 Å². The summed E-state index contributed by atoms with van der Waals surface area (Å²) in [6, 6.07) is 11.6. The van der Waals surface area contributed by atoms with Crippen LogP contribution in [0, 0.1) is 0 Å². The molecule has 4 unspecified atom stereocenters. The minimum Gasteiger partial charge on any atom is -0.547 e. The molecule has 4 heterocycles. The molecule has 2 saturated heterocycles. The van der Waals surface area contributed by atoms with Gasteiger partial charge in [0.05, 0.1) is 35.5 Å². The van der Waals surface area contributed by atoms with Crippen molar-refractivity contribution in [3.8, 4) is 11.4 Å². The quantitative estimate of drug-likeness (QED) is 0.415. The van der Waals surface area contributed by atoms with Crippen LogP contribution in [0.5, 0.6) is 0 Å². The van der Waals surface area contributed by atoms with Gasteiger partial charge in [-0.05, 0) is 37.1 Å². The molecule has 0 aliphatic carbocycles. The second kappa shape index (κ2) is 8.44. The molecule has 10 heteroatoms. The van der Waals surface area contributed by atoms with Gasteiger partial charge in [0, 0.05) is 12.4 Å². The predicted octanol–water partition coefficient (Wildman–Crippen LogP) is -2.35. The molecule has 0 radical (unpaired) electrons. The molecule has 2 aliphatic heterocycles. The molecule has 0 aromatic carbocycles. The third-order valence-corrected chi connectivity index (χ3v) is 4.75. The number of aromatic nitrogens is 2. The van der Waals surface area contributed by atoms with Gasteiger partial charge < -0.3 is 34.8 Å². The number of ether oxygens (including phenoxy) is 1. The molecular formula is C18H16N2O7Pt. The van der Waals surface area contributed by atoms with E-state index >= 15 is 0 Å². The number of hydrogen-bond donors (Lipinski definition) is 2. The van der Waals surface area contributed by atoms with E-state index in [0.29, 0.717) is 0 Å². The van der Waals surface area contributed by atoms with Crippen molar-refractivity contribution in [1.82, 2.24) is 9.97 Å². The van der Waals surface area contributed by atoms with Gasteiger partial charge in [-0.3, -0.25) is 9.97 Å². The summed E-state index contributed by atoms with van der Waals surface area (Å²) in [6.45, 7) is 0. The number of carboxylic acids is 2. The number of aliphatic carboxylic acids is 2. The summed E-state index contributed by atoms with van der Waals surface area (Å²) in [5.41, 5.74) is -4.04. The Labute approximate surface area is 174 Å². The molecule has 2 N–H and O–H groups in total. The molecule has 0 spiro atoms. The van der Waals surface area contributed by atoms with E-state index in [1.165, 1.54) is 0 Å². The van der Waals surface area contributed by atoms with E-state index in [0.717, 1.165) is 11.4 Å². The van der Waals surface area contributed by atoms with Gasteiger partial charge >= 0.3 is 21.1 Å². The van der Waals surface area contributed by atoms with Crippen molar-refractivity contribution in [2.45, 2.75) is 36.3 Å². The number of carbonyl (C=O) groups is 2. The van der Waals surface area contributed by atoms with Crippen LogP contribution in [0.4, 0.5) is 0 Å². The van der Waals surface area contributed by atoms with Gasteiger partial charge in [-0.15, -0.1) is 0 Å². The van der Waals surface area contributed by atoms with E-state index in [1.807, 2.05) is 36.4 Å². The van der Waals surface area contributed by atoms with Crippen LogP contribution in [-0.2, 0) is 35.4 Å². The number of carboxylic acid groups (broad SMARTS) is 2. The molecule has 2 aliphatic rings. The number of pyridine rings is 2. The fourth-order valence-corrected chi connectivity index (χ4v) is 3.35. The molecule has 0 amide bonds. The Bertz CT molecular complexity index is 769. The normalized spacial score (nSPS) is 29.9. The van der Waals surface area contributed by atoms with E-state index in [4.69, 9.17) is 4.74 Å². The Morgan fingerprint density at radius 1 is 0.893 bits per heavy atom. The van der Waals surface area contributed by atoms with Gasteiger partial charge in [0.1, 0.15) is 0 Å². The van der Waals surface area contributed by atoms with Crippen LogP contribution in [-0.4, -0.2) is 55.5 Å². The number of carbonyl (C=O) groups excluding carboxylic acids is 2. The number of rotatable bonds is 3. The SMILES string of the molecule is O=C([O-])C1(O)C2CCC(O2)C1(O)C(=O)[O-].[Pt+2].c1ccc(-c2ccccn2)nc1. The standard InChI is InChI=1S/C10H8N2.C8H10O7.Pt/c1-3-7-11-9(5-1)10-6-2-4-8-12-10;9-5(10)7(13)3-1-2-4(15-3)8(7,14)6(11)12;/h1-8H;3-4,13-14H,1-2H2,(H,9,10)(H,11,12);/q;;+2/p-2. The zero-order valence-corrected chi connectivity index (χ0v) is 16.6. The first-order valence-electron chi connectivity index (χ1n) is 8.17. The summed E-state index contributed by atoms with van der Waals surface area (Å²) in [4.78, 5) is 29.9. The molecule has 9 nitrogen and oxygen atoms in total. The Morgan fingerprint density at radius 2 is 1.29 bits per heavy atom. The van der Waals surface area contributed by atoms with Crippen molar-refractivity contribution in [3.63, 3.8) is 0 Å². The first-order valence-corrected chi connectivity index (χ1v) is 8.17. The minimum absolute atomic E-state index is 0. The number of aliphatic hydroxyl groups is 2. The molecule has 150 valence electrons. The van der Waals surface area contributed by atoms with Crippen LogP contribution in [0.1, 0.15) is 12.8 Å². The van der Waals surface area contributed by atoms with Gasteiger partial charge in [-0.25, -0.2) is 0 Å². The molecule has 2 bridgehead atoms. The maximum Gasteiger partial charge on any atom is 2.00 e. The summed E-state index contributed by atoms with van der Waals surface area (Å²) in [5.74, 6) is -4.14. The zero-order valence-electron chi connectivity index (χ0n) is 14.3. The van der Waals surface area contributed by atoms with Crippen molar-refractivity contribution >= 4 is 11.9 Å². The predicted molar refractivity (Wildman–Crippen MR) is 85.3 cm³/mol. The summed E-state index contributed by atoms with van der Waals surface area (Å²) >= 11 is 0. The molecular weight excluding hydrogens is 551 g/mol. The van der Waals surface area contributed by atoms with Crippen LogP contribution in [0.3, 0.4) is 0 Å². The van der Waals surface area contributed by atoms with Crippen LogP contribution >= 0.6 is 0 Å². The van der Waals surface area contributed by atoms with Crippen molar-refractivity contribution in [3.05, 3.63) is 48.8 Å². The van der Waals surface area contributed by atoms with E-state index in [9.17, 15) is 30.0 Å². The van der Waals surface area contributed by atoms with E-state index < -0.39 is 35.3 Å². The van der Waals surface area contributed by atoms with Crippen molar-refractivity contribution in [1.29, 1.82) is 0 Å². The largest absolute Gasteiger partial charge is 2.00 e. The minimum atomic E-state index is -2.94. The summed E-state index contributed by atoms with van der Waals surface area (Å²) in [6.07, 6.45) is 1.31. The molecule has 0 saturated carbocycles. The van der Waals surface area contributed by atoms with Crippen LogP contribution in [0.15, 0.2) is 48.8 Å². The third kappa shape index (κ3) is 3.46.